The minimum atomic E-state index is -3.46. The molecule has 7 heteroatoms. The van der Waals surface area contributed by atoms with Crippen molar-refractivity contribution in [1.82, 2.24) is 8.61 Å². The molecule has 0 fully saturated rings. The number of ether oxygens (including phenoxy) is 1. The molecule has 0 aliphatic rings. The molecule has 2 N–H and O–H groups in total. The van der Waals surface area contributed by atoms with Crippen molar-refractivity contribution in [3.63, 3.8) is 0 Å². The summed E-state index contributed by atoms with van der Waals surface area (Å²) < 4.78 is 32.3. The molecular formula is C13H23N3O3S. The van der Waals surface area contributed by atoms with Crippen molar-refractivity contribution in [2.75, 3.05) is 34.3 Å². The fourth-order valence-electron chi connectivity index (χ4n) is 1.78. The Morgan fingerprint density at radius 2 is 1.95 bits per heavy atom. The molecule has 114 valence electrons. The average Bonchev–Trinajstić information content (AvgIpc) is 2.44. The van der Waals surface area contributed by atoms with Crippen LogP contribution in [0.5, 0.6) is 5.75 Å². The Morgan fingerprint density at radius 1 is 1.25 bits per heavy atom. The standard InChI is InChI=1S/C13H23N3O3S/c1-15(9-5-8-14)20(17,18)16(2)11-12-6-4-7-13(10-12)19-3/h4,6-7,10H,5,8-9,11,14H2,1-3H3. The third-order valence-corrected chi connectivity index (χ3v) is 4.89. The molecule has 6 nitrogen and oxygen atoms in total. The van der Waals surface area contributed by atoms with Crippen molar-refractivity contribution >= 4 is 10.2 Å². The summed E-state index contributed by atoms with van der Waals surface area (Å²) in [6, 6.07) is 7.36. The second kappa shape index (κ2) is 7.58. The molecule has 0 aromatic heterocycles. The van der Waals surface area contributed by atoms with Gasteiger partial charge in [-0.3, -0.25) is 0 Å². The van der Waals surface area contributed by atoms with Crippen molar-refractivity contribution in [3.05, 3.63) is 29.8 Å². The van der Waals surface area contributed by atoms with Gasteiger partial charge in [0.05, 0.1) is 7.11 Å². The van der Waals surface area contributed by atoms with Crippen LogP contribution in [-0.4, -0.2) is 51.3 Å². The van der Waals surface area contributed by atoms with Crippen molar-refractivity contribution in [1.29, 1.82) is 0 Å². The van der Waals surface area contributed by atoms with Gasteiger partial charge < -0.3 is 10.5 Å². The van der Waals surface area contributed by atoms with Gasteiger partial charge in [-0.15, -0.1) is 0 Å². The van der Waals surface area contributed by atoms with Crippen LogP contribution in [0.25, 0.3) is 0 Å². The van der Waals surface area contributed by atoms with Gasteiger partial charge in [-0.2, -0.15) is 17.0 Å². The molecule has 0 saturated carbocycles. The molecular weight excluding hydrogens is 278 g/mol. The van der Waals surface area contributed by atoms with Gasteiger partial charge in [0.2, 0.25) is 0 Å². The summed E-state index contributed by atoms with van der Waals surface area (Å²) in [4.78, 5) is 0. The first kappa shape index (κ1) is 16.9. The summed E-state index contributed by atoms with van der Waals surface area (Å²) in [7, 11) is 1.25. The van der Waals surface area contributed by atoms with E-state index in [1.807, 2.05) is 24.3 Å². The number of nitrogens with two attached hydrogens (primary N) is 1. The van der Waals surface area contributed by atoms with Gasteiger partial charge >= 0.3 is 0 Å². The van der Waals surface area contributed by atoms with E-state index in [1.165, 1.54) is 8.61 Å². The summed E-state index contributed by atoms with van der Waals surface area (Å²) in [6.45, 7) is 1.19. The first-order valence-electron chi connectivity index (χ1n) is 6.42. The largest absolute Gasteiger partial charge is 0.497 e. The maximum Gasteiger partial charge on any atom is 0.281 e. The van der Waals surface area contributed by atoms with Crippen molar-refractivity contribution in [2.45, 2.75) is 13.0 Å². The van der Waals surface area contributed by atoms with Crippen LogP contribution in [-0.2, 0) is 16.8 Å². The molecule has 0 aliphatic heterocycles. The lowest BCUT2D eigenvalue weighted by Crippen LogP contribution is -2.40. The van der Waals surface area contributed by atoms with Crippen LogP contribution in [0.1, 0.15) is 12.0 Å². The third-order valence-electron chi connectivity index (χ3n) is 3.00. The van der Waals surface area contributed by atoms with Crippen LogP contribution in [0.3, 0.4) is 0 Å². The van der Waals surface area contributed by atoms with Gasteiger partial charge in [0.25, 0.3) is 10.2 Å². The molecule has 0 unspecified atom stereocenters. The van der Waals surface area contributed by atoms with Gasteiger partial charge in [0.15, 0.2) is 0 Å². The smallest absolute Gasteiger partial charge is 0.281 e. The van der Waals surface area contributed by atoms with Crippen LogP contribution >= 0.6 is 0 Å². The van der Waals surface area contributed by atoms with Crippen LogP contribution in [0.15, 0.2) is 24.3 Å². The molecule has 20 heavy (non-hydrogen) atoms. The second-order valence-electron chi connectivity index (χ2n) is 4.58. The van der Waals surface area contributed by atoms with E-state index in [0.717, 1.165) is 5.56 Å². The predicted molar refractivity (Wildman–Crippen MR) is 79.7 cm³/mol. The van der Waals surface area contributed by atoms with Crippen LogP contribution in [0.2, 0.25) is 0 Å². The highest BCUT2D eigenvalue weighted by atomic mass is 32.2. The SMILES string of the molecule is COc1cccc(CN(C)S(=O)(=O)N(C)CCCN)c1. The Balaban J connectivity index is 2.75. The number of hydrogen-bond acceptors (Lipinski definition) is 4. The first-order chi connectivity index (χ1) is 9.41. The van der Waals surface area contributed by atoms with E-state index in [2.05, 4.69) is 0 Å². The number of nitrogens with zero attached hydrogens (tertiary/aromatic N) is 2. The summed E-state index contributed by atoms with van der Waals surface area (Å²) >= 11 is 0. The second-order valence-corrected chi connectivity index (χ2v) is 6.72. The van der Waals surface area contributed by atoms with Gasteiger partial charge in [0, 0.05) is 27.2 Å². The molecule has 0 heterocycles. The normalized spacial score (nSPS) is 12.1. The van der Waals surface area contributed by atoms with E-state index in [1.54, 1.807) is 21.2 Å². The van der Waals surface area contributed by atoms with E-state index in [-0.39, 0.29) is 0 Å². The monoisotopic (exact) mass is 301 g/mol. The molecule has 0 amide bonds. The minimum absolute atomic E-state index is 0.298. The zero-order valence-corrected chi connectivity index (χ0v) is 13.1. The highest BCUT2D eigenvalue weighted by molar-refractivity contribution is 7.86. The number of hydrogen-bond donors (Lipinski definition) is 1. The summed E-state index contributed by atoms with van der Waals surface area (Å²) in [6.07, 6.45) is 0.642. The average molecular weight is 301 g/mol. The molecule has 0 aliphatic carbocycles. The molecule has 1 rings (SSSR count). The summed E-state index contributed by atoms with van der Waals surface area (Å²) in [5, 5.41) is 0. The lowest BCUT2D eigenvalue weighted by molar-refractivity contribution is 0.385. The molecule has 0 saturated heterocycles. The number of benzene rings is 1. The molecule has 1 aromatic rings. The van der Waals surface area contributed by atoms with Gasteiger partial charge in [-0.1, -0.05) is 12.1 Å². The molecule has 0 spiro atoms. The van der Waals surface area contributed by atoms with E-state index >= 15 is 0 Å². The fraction of sp³-hybridized carbons (Fsp3) is 0.538. The Kier molecular flexibility index (Phi) is 6.41. The predicted octanol–water partition coefficient (Wildman–Crippen LogP) is 0.652. The van der Waals surface area contributed by atoms with E-state index in [9.17, 15) is 8.42 Å². The van der Waals surface area contributed by atoms with Gasteiger partial charge in [-0.25, -0.2) is 0 Å². The van der Waals surface area contributed by atoms with Crippen molar-refractivity contribution < 1.29 is 13.2 Å². The van der Waals surface area contributed by atoms with Crippen LogP contribution < -0.4 is 10.5 Å². The van der Waals surface area contributed by atoms with E-state index in [0.29, 0.717) is 31.8 Å². The Bertz CT molecular complexity index is 519. The Morgan fingerprint density at radius 3 is 2.55 bits per heavy atom. The maximum absolute atomic E-state index is 12.3. The van der Waals surface area contributed by atoms with E-state index < -0.39 is 10.2 Å². The lowest BCUT2D eigenvalue weighted by Gasteiger charge is -2.24. The van der Waals surface area contributed by atoms with Crippen LogP contribution in [0, 0.1) is 0 Å². The van der Waals surface area contributed by atoms with Crippen LogP contribution in [0.4, 0.5) is 0 Å². The topological polar surface area (TPSA) is 75.9 Å². The first-order valence-corrected chi connectivity index (χ1v) is 7.82. The minimum Gasteiger partial charge on any atom is -0.497 e. The molecule has 0 atom stereocenters. The highest BCUT2D eigenvalue weighted by Gasteiger charge is 2.23. The van der Waals surface area contributed by atoms with Crippen molar-refractivity contribution in [2.24, 2.45) is 5.73 Å². The number of rotatable bonds is 8. The molecule has 0 bridgehead atoms. The van der Waals surface area contributed by atoms with Gasteiger partial charge in [-0.05, 0) is 30.7 Å². The number of methoxy groups -OCH3 is 1. The third kappa shape index (κ3) is 4.45. The summed E-state index contributed by atoms with van der Waals surface area (Å²) in [5.74, 6) is 0.713. The fourth-order valence-corrected chi connectivity index (χ4v) is 2.92. The molecule has 0 radical (unpaired) electrons. The highest BCUT2D eigenvalue weighted by Crippen LogP contribution is 2.16. The molecule has 1 aromatic carbocycles. The Labute approximate surface area is 121 Å². The van der Waals surface area contributed by atoms with Crippen molar-refractivity contribution in [3.8, 4) is 5.75 Å². The zero-order chi connectivity index (χ0) is 15.2. The Hall–Kier alpha value is -1.15. The van der Waals surface area contributed by atoms with Gasteiger partial charge in [0.1, 0.15) is 5.75 Å². The summed E-state index contributed by atoms with van der Waals surface area (Å²) in [5.41, 5.74) is 6.28. The quantitative estimate of drug-likeness (QED) is 0.765. The van der Waals surface area contributed by atoms with E-state index in [4.69, 9.17) is 10.5 Å². The zero-order valence-electron chi connectivity index (χ0n) is 12.2. The lowest BCUT2D eigenvalue weighted by atomic mass is 10.2. The maximum atomic E-state index is 12.3.